The van der Waals surface area contributed by atoms with Crippen molar-refractivity contribution in [1.29, 1.82) is 0 Å². The molecule has 2 aromatic rings. The summed E-state index contributed by atoms with van der Waals surface area (Å²) in [6.07, 6.45) is 0.899. The number of carboxylic acid groups (broad SMARTS) is 1. The van der Waals surface area contributed by atoms with Gasteiger partial charge in [-0.25, -0.2) is 4.79 Å². The van der Waals surface area contributed by atoms with Crippen LogP contribution in [0.2, 0.25) is 0 Å². The van der Waals surface area contributed by atoms with Gasteiger partial charge >= 0.3 is 5.97 Å². The Bertz CT molecular complexity index is 640. The Morgan fingerprint density at radius 2 is 2.20 bits per heavy atom. The fraction of sp³-hybridized carbons (Fsp3) is 0.286. The molecule has 0 saturated carbocycles. The Balaban J connectivity index is 2.19. The predicted molar refractivity (Wildman–Crippen MR) is 83.2 cm³/mol. The molecule has 0 aliphatic carbocycles. The first-order valence-electron chi connectivity index (χ1n) is 6.18. The van der Waals surface area contributed by atoms with E-state index < -0.39 is 5.97 Å². The third kappa shape index (κ3) is 3.43. The highest BCUT2D eigenvalue weighted by atomic mass is 79.9. The molecule has 0 amide bonds. The lowest BCUT2D eigenvalue weighted by Crippen LogP contribution is -2.00. The van der Waals surface area contributed by atoms with Crippen LogP contribution >= 0.6 is 27.7 Å². The van der Waals surface area contributed by atoms with E-state index in [1.165, 1.54) is 11.8 Å². The van der Waals surface area contributed by atoms with Crippen LogP contribution in [0.3, 0.4) is 0 Å². The molecule has 1 N–H and O–H groups in total. The molecule has 6 heteroatoms. The lowest BCUT2D eigenvalue weighted by atomic mass is 10.2. The first-order chi connectivity index (χ1) is 9.51. The van der Waals surface area contributed by atoms with Crippen molar-refractivity contribution in [1.82, 2.24) is 9.78 Å². The molecular formula is C14H15BrN2O2S. The quantitative estimate of drug-likeness (QED) is 0.831. The molecule has 0 atom stereocenters. The Morgan fingerprint density at radius 1 is 1.45 bits per heavy atom. The summed E-state index contributed by atoms with van der Waals surface area (Å²) in [5.74, 6) is -0.209. The molecule has 0 spiro atoms. The summed E-state index contributed by atoms with van der Waals surface area (Å²) in [5.41, 5.74) is 2.47. The minimum absolute atomic E-state index is 0.330. The molecule has 1 aromatic carbocycles. The van der Waals surface area contributed by atoms with Crippen molar-refractivity contribution in [3.63, 3.8) is 0 Å². The number of halogens is 1. The molecule has 20 heavy (non-hydrogen) atoms. The van der Waals surface area contributed by atoms with Crippen LogP contribution in [-0.4, -0.2) is 20.9 Å². The van der Waals surface area contributed by atoms with Crippen LogP contribution in [0.4, 0.5) is 0 Å². The Hall–Kier alpha value is -1.27. The van der Waals surface area contributed by atoms with Crippen molar-refractivity contribution in [2.24, 2.45) is 7.05 Å². The Morgan fingerprint density at radius 3 is 2.80 bits per heavy atom. The van der Waals surface area contributed by atoms with Crippen molar-refractivity contribution >= 4 is 33.7 Å². The minimum atomic E-state index is -0.903. The van der Waals surface area contributed by atoms with E-state index in [9.17, 15) is 9.90 Å². The molecule has 0 fully saturated rings. The number of thioether (sulfide) groups is 1. The van der Waals surface area contributed by atoms with Gasteiger partial charge in [0.2, 0.25) is 0 Å². The summed E-state index contributed by atoms with van der Waals surface area (Å²) < 4.78 is 2.73. The molecule has 0 radical (unpaired) electrons. The second kappa shape index (κ2) is 6.45. The fourth-order valence-corrected chi connectivity index (χ4v) is 3.43. The van der Waals surface area contributed by atoms with Gasteiger partial charge in [-0.1, -0.05) is 22.9 Å². The van der Waals surface area contributed by atoms with Crippen molar-refractivity contribution in [3.8, 4) is 0 Å². The third-order valence-electron chi connectivity index (χ3n) is 2.94. The summed E-state index contributed by atoms with van der Waals surface area (Å²) in [6, 6.07) is 7.26. The molecule has 1 heterocycles. The number of aryl methyl sites for hydroxylation is 2. The van der Waals surface area contributed by atoms with E-state index in [0.717, 1.165) is 27.2 Å². The molecule has 0 aliphatic heterocycles. The number of aromatic carboxylic acids is 1. The smallest absolute Gasteiger partial charge is 0.336 e. The highest BCUT2D eigenvalue weighted by Crippen LogP contribution is 2.29. The van der Waals surface area contributed by atoms with Crippen LogP contribution in [-0.2, 0) is 19.2 Å². The van der Waals surface area contributed by atoms with Gasteiger partial charge < -0.3 is 5.11 Å². The van der Waals surface area contributed by atoms with E-state index in [0.29, 0.717) is 11.3 Å². The van der Waals surface area contributed by atoms with E-state index in [2.05, 4.69) is 34.0 Å². The standard InChI is InChI=1S/C14H15BrN2O2S/c1-3-10-7-11(17(2)16-10)8-20-13-6-9(15)4-5-12(13)14(18)19/h4-7H,3,8H2,1-2H3,(H,18,19). The normalized spacial score (nSPS) is 10.8. The zero-order chi connectivity index (χ0) is 14.7. The van der Waals surface area contributed by atoms with E-state index >= 15 is 0 Å². The second-order valence-corrected chi connectivity index (χ2v) is 6.27. The highest BCUT2D eigenvalue weighted by Gasteiger charge is 2.12. The SMILES string of the molecule is CCc1cc(CSc2cc(Br)ccc2C(=O)O)n(C)n1. The monoisotopic (exact) mass is 354 g/mol. The predicted octanol–water partition coefficient (Wildman–Crippen LogP) is 3.74. The maximum absolute atomic E-state index is 11.2. The Kier molecular flexibility index (Phi) is 4.88. The van der Waals surface area contributed by atoms with E-state index in [1.807, 2.05) is 17.8 Å². The molecule has 0 unspecified atom stereocenters. The molecule has 0 aliphatic rings. The summed E-state index contributed by atoms with van der Waals surface area (Å²) in [7, 11) is 1.91. The number of rotatable bonds is 5. The highest BCUT2D eigenvalue weighted by molar-refractivity contribution is 9.10. The van der Waals surface area contributed by atoms with Crippen LogP contribution in [0, 0.1) is 0 Å². The van der Waals surface area contributed by atoms with Gasteiger partial charge in [0.15, 0.2) is 0 Å². The number of nitrogens with zero attached hydrogens (tertiary/aromatic N) is 2. The average molecular weight is 355 g/mol. The van der Waals surface area contributed by atoms with Gasteiger partial charge in [-0.3, -0.25) is 4.68 Å². The van der Waals surface area contributed by atoms with Gasteiger partial charge in [0.05, 0.1) is 11.3 Å². The Labute approximate surface area is 130 Å². The van der Waals surface area contributed by atoms with Crippen molar-refractivity contribution < 1.29 is 9.90 Å². The van der Waals surface area contributed by atoms with Gasteiger partial charge in [0.25, 0.3) is 0 Å². The molecule has 0 bridgehead atoms. The van der Waals surface area contributed by atoms with Crippen LogP contribution < -0.4 is 0 Å². The molecular weight excluding hydrogens is 340 g/mol. The van der Waals surface area contributed by atoms with Gasteiger partial charge in [-0.15, -0.1) is 11.8 Å². The molecule has 1 aromatic heterocycles. The fourth-order valence-electron chi connectivity index (χ4n) is 1.82. The third-order valence-corrected chi connectivity index (χ3v) is 4.52. The maximum Gasteiger partial charge on any atom is 0.336 e. The number of carbonyl (C=O) groups is 1. The first kappa shape index (κ1) is 15.1. The average Bonchev–Trinajstić information content (AvgIpc) is 2.76. The van der Waals surface area contributed by atoms with E-state index in [-0.39, 0.29) is 0 Å². The number of hydrogen-bond acceptors (Lipinski definition) is 3. The van der Waals surface area contributed by atoms with Crippen LogP contribution in [0.25, 0.3) is 0 Å². The summed E-state index contributed by atoms with van der Waals surface area (Å²) >= 11 is 4.89. The lowest BCUT2D eigenvalue weighted by Gasteiger charge is -2.06. The number of carboxylic acids is 1. The first-order valence-corrected chi connectivity index (χ1v) is 7.96. The van der Waals surface area contributed by atoms with E-state index in [1.54, 1.807) is 12.1 Å². The molecule has 4 nitrogen and oxygen atoms in total. The molecule has 2 rings (SSSR count). The summed E-state index contributed by atoms with van der Waals surface area (Å²) in [4.78, 5) is 12.0. The topological polar surface area (TPSA) is 55.1 Å². The number of benzene rings is 1. The summed E-state index contributed by atoms with van der Waals surface area (Å²) in [5, 5.41) is 13.6. The summed E-state index contributed by atoms with van der Waals surface area (Å²) in [6.45, 7) is 2.07. The van der Waals surface area contributed by atoms with Gasteiger partial charge in [0.1, 0.15) is 0 Å². The van der Waals surface area contributed by atoms with Crippen LogP contribution in [0.15, 0.2) is 33.6 Å². The maximum atomic E-state index is 11.2. The van der Waals surface area contributed by atoms with Crippen LogP contribution in [0.5, 0.6) is 0 Å². The lowest BCUT2D eigenvalue weighted by molar-refractivity contribution is 0.0693. The van der Waals surface area contributed by atoms with Crippen LogP contribution in [0.1, 0.15) is 28.7 Å². The largest absolute Gasteiger partial charge is 0.478 e. The van der Waals surface area contributed by atoms with Gasteiger partial charge in [-0.05, 0) is 30.7 Å². The van der Waals surface area contributed by atoms with Crippen molar-refractivity contribution in [2.45, 2.75) is 24.0 Å². The number of hydrogen-bond donors (Lipinski definition) is 1. The number of aromatic nitrogens is 2. The zero-order valence-corrected chi connectivity index (χ0v) is 13.7. The minimum Gasteiger partial charge on any atom is -0.478 e. The van der Waals surface area contributed by atoms with E-state index in [4.69, 9.17) is 0 Å². The van der Waals surface area contributed by atoms with Crippen molar-refractivity contribution in [2.75, 3.05) is 0 Å². The zero-order valence-electron chi connectivity index (χ0n) is 11.3. The van der Waals surface area contributed by atoms with Crippen molar-refractivity contribution in [3.05, 3.63) is 45.7 Å². The molecule has 0 saturated heterocycles. The molecule has 106 valence electrons. The van der Waals surface area contributed by atoms with Gasteiger partial charge in [-0.2, -0.15) is 5.10 Å². The van der Waals surface area contributed by atoms with Gasteiger partial charge in [0, 0.05) is 27.9 Å². The second-order valence-electron chi connectivity index (χ2n) is 4.34.